The summed E-state index contributed by atoms with van der Waals surface area (Å²) in [6.07, 6.45) is 1.78. The fourth-order valence-corrected chi connectivity index (χ4v) is 3.63. The maximum Gasteiger partial charge on any atom is 0.411 e. The molecular formula is C23H24FN5O4. The van der Waals surface area contributed by atoms with Crippen LogP contribution in [-0.4, -0.2) is 46.9 Å². The summed E-state index contributed by atoms with van der Waals surface area (Å²) < 4.78 is 26.5. The zero-order valence-corrected chi connectivity index (χ0v) is 18.3. The number of hydrogen-bond acceptors (Lipinski definition) is 7. The Kier molecular flexibility index (Phi) is 6.64. The van der Waals surface area contributed by atoms with Crippen molar-refractivity contribution >= 4 is 17.7 Å². The van der Waals surface area contributed by atoms with Crippen LogP contribution in [0.25, 0.3) is 11.3 Å². The molecule has 0 radical (unpaired) electrons. The smallest absolute Gasteiger partial charge is 0.411 e. The molecule has 172 valence electrons. The van der Waals surface area contributed by atoms with Crippen molar-refractivity contribution < 1.29 is 18.7 Å². The van der Waals surface area contributed by atoms with Crippen LogP contribution in [0.4, 0.5) is 20.8 Å². The average Bonchev–Trinajstić information content (AvgIpc) is 2.82. The first kappa shape index (κ1) is 22.4. The van der Waals surface area contributed by atoms with Crippen LogP contribution in [0.15, 0.2) is 53.6 Å². The summed E-state index contributed by atoms with van der Waals surface area (Å²) >= 11 is 0. The largest absolute Gasteiger partial charge is 0.450 e. The number of carbonyl (C=O) groups is 1. The molecule has 2 aromatic heterocycles. The molecule has 3 aromatic rings. The topological polar surface area (TPSA) is 98.6 Å². The van der Waals surface area contributed by atoms with Crippen LogP contribution in [0.5, 0.6) is 0 Å². The molecule has 10 heteroatoms. The van der Waals surface area contributed by atoms with Crippen molar-refractivity contribution in [2.45, 2.75) is 13.0 Å². The van der Waals surface area contributed by atoms with E-state index in [1.165, 1.54) is 22.9 Å². The number of halogens is 1. The van der Waals surface area contributed by atoms with E-state index in [2.05, 4.69) is 15.3 Å². The number of nitrogens with one attached hydrogen (secondary N) is 1. The van der Waals surface area contributed by atoms with Gasteiger partial charge in [0.15, 0.2) is 5.82 Å². The van der Waals surface area contributed by atoms with Gasteiger partial charge in [-0.25, -0.2) is 14.2 Å². The summed E-state index contributed by atoms with van der Waals surface area (Å²) in [7, 11) is 1.64. The highest BCUT2D eigenvalue weighted by molar-refractivity contribution is 5.84. The van der Waals surface area contributed by atoms with Crippen LogP contribution in [0.3, 0.4) is 0 Å². The van der Waals surface area contributed by atoms with E-state index in [1.54, 1.807) is 26.1 Å². The first-order valence-corrected chi connectivity index (χ1v) is 10.5. The highest BCUT2D eigenvalue weighted by Gasteiger charge is 2.25. The van der Waals surface area contributed by atoms with E-state index in [9.17, 15) is 14.0 Å². The zero-order chi connectivity index (χ0) is 23.4. The van der Waals surface area contributed by atoms with Crippen LogP contribution in [0.1, 0.15) is 18.6 Å². The van der Waals surface area contributed by atoms with E-state index in [1.807, 2.05) is 17.0 Å². The van der Waals surface area contributed by atoms with Gasteiger partial charge in [0.05, 0.1) is 31.6 Å². The van der Waals surface area contributed by atoms with E-state index < -0.39 is 11.9 Å². The van der Waals surface area contributed by atoms with Crippen LogP contribution in [0.2, 0.25) is 0 Å². The normalized spacial score (nSPS) is 15.8. The Labute approximate surface area is 189 Å². The second-order valence-electron chi connectivity index (χ2n) is 7.47. The Morgan fingerprint density at radius 1 is 1.30 bits per heavy atom. The predicted octanol–water partition coefficient (Wildman–Crippen LogP) is 3.13. The van der Waals surface area contributed by atoms with E-state index in [0.717, 1.165) is 11.8 Å². The zero-order valence-electron chi connectivity index (χ0n) is 18.3. The third kappa shape index (κ3) is 5.01. The summed E-state index contributed by atoms with van der Waals surface area (Å²) in [5.74, 6) is -0.108. The Morgan fingerprint density at radius 3 is 2.82 bits per heavy atom. The van der Waals surface area contributed by atoms with Gasteiger partial charge in [-0.1, -0.05) is 12.1 Å². The number of ether oxygens (including phenoxy) is 2. The number of amides is 1. The molecule has 1 aliphatic rings. The number of pyridine rings is 1. The average molecular weight is 453 g/mol. The number of hydrogen-bond donors (Lipinski definition) is 1. The quantitative estimate of drug-likeness (QED) is 0.634. The number of benzene rings is 1. The maximum absolute atomic E-state index is 14.2. The van der Waals surface area contributed by atoms with Crippen molar-refractivity contribution in [2.75, 3.05) is 36.5 Å². The van der Waals surface area contributed by atoms with Crippen molar-refractivity contribution in [1.29, 1.82) is 0 Å². The lowest BCUT2D eigenvalue weighted by molar-refractivity contribution is 0.0390. The molecule has 1 fully saturated rings. The Bertz CT molecular complexity index is 1200. The molecule has 0 spiro atoms. The molecule has 1 atom stereocenters. The van der Waals surface area contributed by atoms with Crippen LogP contribution < -0.4 is 15.8 Å². The van der Waals surface area contributed by atoms with Gasteiger partial charge in [-0.3, -0.25) is 19.7 Å². The van der Waals surface area contributed by atoms with Gasteiger partial charge in [-0.15, -0.1) is 0 Å². The molecular weight excluding hydrogens is 429 g/mol. The van der Waals surface area contributed by atoms with Gasteiger partial charge in [0, 0.05) is 37.1 Å². The molecule has 3 heterocycles. The van der Waals surface area contributed by atoms with E-state index in [0.29, 0.717) is 37.9 Å². The van der Waals surface area contributed by atoms with E-state index in [-0.39, 0.29) is 22.9 Å². The lowest BCUT2D eigenvalue weighted by Crippen LogP contribution is -2.41. The number of anilines is 2. The van der Waals surface area contributed by atoms with Gasteiger partial charge in [-0.2, -0.15) is 0 Å². The number of morpholine rings is 1. The highest BCUT2D eigenvalue weighted by Crippen LogP contribution is 2.27. The maximum atomic E-state index is 14.2. The first-order chi connectivity index (χ1) is 16.0. The lowest BCUT2D eigenvalue weighted by atomic mass is 10.1. The molecule has 1 aliphatic heterocycles. The minimum atomic E-state index is -0.541. The summed E-state index contributed by atoms with van der Waals surface area (Å²) in [4.78, 5) is 34.5. The first-order valence-electron chi connectivity index (χ1n) is 10.5. The molecule has 0 saturated carbocycles. The fraction of sp³-hybridized carbons (Fsp3) is 0.304. The second kappa shape index (κ2) is 9.78. The molecule has 0 bridgehead atoms. The third-order valence-electron chi connectivity index (χ3n) is 5.31. The number of carbonyl (C=O) groups excluding carboxylic acids is 1. The monoisotopic (exact) mass is 453 g/mol. The second-order valence-corrected chi connectivity index (χ2v) is 7.47. The van der Waals surface area contributed by atoms with Gasteiger partial charge in [0.25, 0.3) is 5.56 Å². The summed E-state index contributed by atoms with van der Waals surface area (Å²) in [6, 6.07) is 10.1. The standard InChI is InChI=1S/C23H24FN5O4/c1-3-32-23(31)26-16-6-4-15(5-7-16)20-14-29(10-11-33-20)22-27-19(12-21(30)28(22)2)17-8-9-25-13-18(17)24/h4-9,12-13,20H,3,10-11,14H2,1-2H3,(H,26,31)/t20-/m1/s1. The van der Waals surface area contributed by atoms with Crippen LogP contribution in [-0.2, 0) is 16.5 Å². The molecule has 33 heavy (non-hydrogen) atoms. The molecule has 9 nitrogen and oxygen atoms in total. The van der Waals surface area contributed by atoms with Crippen LogP contribution >= 0.6 is 0 Å². The summed E-state index contributed by atoms with van der Waals surface area (Å²) in [5, 5.41) is 2.65. The predicted molar refractivity (Wildman–Crippen MR) is 121 cm³/mol. The molecule has 0 unspecified atom stereocenters. The third-order valence-corrected chi connectivity index (χ3v) is 5.31. The van der Waals surface area contributed by atoms with E-state index in [4.69, 9.17) is 9.47 Å². The fourth-order valence-electron chi connectivity index (χ4n) is 3.63. The number of nitrogens with zero attached hydrogens (tertiary/aromatic N) is 4. The van der Waals surface area contributed by atoms with Crippen molar-refractivity contribution in [1.82, 2.24) is 14.5 Å². The number of aromatic nitrogens is 3. The van der Waals surface area contributed by atoms with Gasteiger partial charge >= 0.3 is 6.09 Å². The molecule has 0 aliphatic carbocycles. The SMILES string of the molecule is CCOC(=O)Nc1ccc([C@H]2CN(c3nc(-c4ccncc4F)cc(=O)n3C)CCO2)cc1. The Morgan fingerprint density at radius 2 is 2.09 bits per heavy atom. The van der Waals surface area contributed by atoms with Crippen molar-refractivity contribution in [3.63, 3.8) is 0 Å². The summed E-state index contributed by atoms with van der Waals surface area (Å²) in [6.45, 7) is 3.44. The molecule has 1 amide bonds. The minimum absolute atomic E-state index is 0.221. The summed E-state index contributed by atoms with van der Waals surface area (Å²) in [5.41, 5.74) is 1.71. The van der Waals surface area contributed by atoms with Gasteiger partial charge < -0.3 is 14.4 Å². The van der Waals surface area contributed by atoms with Gasteiger partial charge in [0.2, 0.25) is 5.95 Å². The Balaban J connectivity index is 1.56. The molecule has 1 saturated heterocycles. The van der Waals surface area contributed by atoms with E-state index >= 15 is 0 Å². The highest BCUT2D eigenvalue weighted by atomic mass is 19.1. The Hall–Kier alpha value is -3.79. The minimum Gasteiger partial charge on any atom is -0.450 e. The van der Waals surface area contributed by atoms with Crippen molar-refractivity contribution in [3.8, 4) is 11.3 Å². The van der Waals surface area contributed by atoms with Crippen LogP contribution in [0, 0.1) is 5.82 Å². The van der Waals surface area contributed by atoms with Crippen molar-refractivity contribution in [2.24, 2.45) is 7.05 Å². The molecule has 4 rings (SSSR count). The molecule has 1 N–H and O–H groups in total. The lowest BCUT2D eigenvalue weighted by Gasteiger charge is -2.34. The van der Waals surface area contributed by atoms with Crippen molar-refractivity contribution in [3.05, 3.63) is 70.5 Å². The number of rotatable bonds is 5. The van der Waals surface area contributed by atoms with Gasteiger partial charge in [-0.05, 0) is 30.7 Å². The molecule has 1 aromatic carbocycles. The van der Waals surface area contributed by atoms with Gasteiger partial charge in [0.1, 0.15) is 6.10 Å².